The van der Waals surface area contributed by atoms with Crippen LogP contribution in [0.5, 0.6) is 0 Å². The summed E-state index contributed by atoms with van der Waals surface area (Å²) in [5.41, 5.74) is 0.125. The highest BCUT2D eigenvalue weighted by atomic mass is 19.1. The van der Waals surface area contributed by atoms with Gasteiger partial charge in [0, 0.05) is 12.6 Å². The van der Waals surface area contributed by atoms with Gasteiger partial charge in [0.1, 0.15) is 11.4 Å². The summed E-state index contributed by atoms with van der Waals surface area (Å²) in [5.74, 6) is -0.370. The number of carbonyl (C=O) groups excluding carboxylic acids is 1. The van der Waals surface area contributed by atoms with E-state index in [1.165, 1.54) is 12.1 Å². The molecule has 0 aliphatic heterocycles. The fourth-order valence-electron chi connectivity index (χ4n) is 2.39. The van der Waals surface area contributed by atoms with E-state index in [4.69, 9.17) is 0 Å². The van der Waals surface area contributed by atoms with Crippen molar-refractivity contribution in [1.82, 2.24) is 10.2 Å². The second-order valence-electron chi connectivity index (χ2n) is 6.78. The zero-order chi connectivity index (χ0) is 17.0. The Bertz CT molecular complexity index is 589. The minimum absolute atomic E-state index is 0.0305. The number of benzene rings is 1. The molecule has 1 N–H and O–H groups in total. The Hall–Kier alpha value is -1.93. The fraction of sp³-hybridized carbons (Fsp3) is 0.556. The average Bonchev–Trinajstić information content (AvgIpc) is 3.33. The Morgan fingerprint density at radius 3 is 2.52 bits per heavy atom. The first-order valence-corrected chi connectivity index (χ1v) is 8.05. The van der Waals surface area contributed by atoms with Gasteiger partial charge in [0.2, 0.25) is 5.91 Å². The van der Waals surface area contributed by atoms with Gasteiger partial charge in [-0.25, -0.2) is 4.39 Å². The van der Waals surface area contributed by atoms with E-state index in [1.807, 2.05) is 13.8 Å². The highest BCUT2D eigenvalue weighted by molar-refractivity contribution is 5.79. The lowest BCUT2D eigenvalue weighted by Gasteiger charge is -2.29. The van der Waals surface area contributed by atoms with Gasteiger partial charge in [-0.05, 0) is 43.4 Å². The lowest BCUT2D eigenvalue weighted by molar-refractivity contribution is -0.124. The molecule has 1 saturated carbocycles. The lowest BCUT2D eigenvalue weighted by Crippen LogP contribution is -2.52. The first kappa shape index (κ1) is 17.4. The van der Waals surface area contributed by atoms with Crippen molar-refractivity contribution in [2.24, 2.45) is 5.92 Å². The smallest absolute Gasteiger partial charge is 0.235 e. The number of halogens is 1. The van der Waals surface area contributed by atoms with Crippen LogP contribution in [0.4, 0.5) is 4.39 Å². The molecule has 124 valence electrons. The highest BCUT2D eigenvalue weighted by Crippen LogP contribution is 2.28. The van der Waals surface area contributed by atoms with Gasteiger partial charge in [-0.15, -0.1) is 0 Å². The number of amides is 1. The van der Waals surface area contributed by atoms with E-state index in [1.54, 1.807) is 19.1 Å². The van der Waals surface area contributed by atoms with Gasteiger partial charge < -0.3 is 5.32 Å². The SMILES string of the molecule is CC(C)[C@](C)(C#N)NC(=O)CN(Cc1ccc(F)cc1)C1CC1. The third-order valence-corrected chi connectivity index (χ3v) is 4.49. The van der Waals surface area contributed by atoms with Gasteiger partial charge >= 0.3 is 0 Å². The molecule has 0 radical (unpaired) electrons. The van der Waals surface area contributed by atoms with Crippen LogP contribution in [-0.4, -0.2) is 28.9 Å². The lowest BCUT2D eigenvalue weighted by atomic mass is 9.90. The molecule has 4 nitrogen and oxygen atoms in total. The molecule has 1 aliphatic carbocycles. The minimum Gasteiger partial charge on any atom is -0.337 e. The summed E-state index contributed by atoms with van der Waals surface area (Å²) in [5, 5.41) is 12.2. The highest BCUT2D eigenvalue weighted by Gasteiger charge is 2.34. The van der Waals surface area contributed by atoms with E-state index < -0.39 is 5.54 Å². The molecule has 1 fully saturated rings. The van der Waals surface area contributed by atoms with Gasteiger partial charge in [-0.2, -0.15) is 5.26 Å². The molecule has 1 aromatic rings. The van der Waals surface area contributed by atoms with Crippen molar-refractivity contribution < 1.29 is 9.18 Å². The predicted molar refractivity (Wildman–Crippen MR) is 86.8 cm³/mol. The monoisotopic (exact) mass is 317 g/mol. The Morgan fingerprint density at radius 1 is 1.43 bits per heavy atom. The number of nitriles is 1. The average molecular weight is 317 g/mol. The molecule has 0 unspecified atom stereocenters. The van der Waals surface area contributed by atoms with Crippen LogP contribution in [0.3, 0.4) is 0 Å². The maximum atomic E-state index is 13.0. The van der Waals surface area contributed by atoms with E-state index in [0.717, 1.165) is 18.4 Å². The van der Waals surface area contributed by atoms with Crippen LogP contribution in [0.1, 0.15) is 39.2 Å². The van der Waals surface area contributed by atoms with Crippen molar-refractivity contribution in [3.8, 4) is 6.07 Å². The van der Waals surface area contributed by atoms with Crippen LogP contribution in [-0.2, 0) is 11.3 Å². The van der Waals surface area contributed by atoms with Crippen LogP contribution in [0.2, 0.25) is 0 Å². The minimum atomic E-state index is -0.859. The van der Waals surface area contributed by atoms with E-state index in [0.29, 0.717) is 12.6 Å². The molecule has 23 heavy (non-hydrogen) atoms. The summed E-state index contributed by atoms with van der Waals surface area (Å²) >= 11 is 0. The molecule has 2 rings (SSSR count). The van der Waals surface area contributed by atoms with Crippen LogP contribution in [0.25, 0.3) is 0 Å². The predicted octanol–water partition coefficient (Wildman–Crippen LogP) is 2.84. The number of hydrogen-bond acceptors (Lipinski definition) is 3. The van der Waals surface area contributed by atoms with Gasteiger partial charge in [-0.1, -0.05) is 26.0 Å². The Labute approximate surface area is 137 Å². The van der Waals surface area contributed by atoms with Crippen molar-refractivity contribution in [1.29, 1.82) is 5.26 Å². The van der Waals surface area contributed by atoms with Crippen molar-refractivity contribution in [2.45, 2.75) is 51.7 Å². The molecule has 0 saturated heterocycles. The molecular weight excluding hydrogens is 293 g/mol. The third kappa shape index (κ3) is 4.77. The standard InChI is InChI=1S/C18H24FN3O/c1-13(2)18(3,12-20)21-17(23)11-22(16-8-9-16)10-14-4-6-15(19)7-5-14/h4-7,13,16H,8-11H2,1-3H3,(H,21,23)/t18-/m0/s1. The Kier molecular flexibility index (Phi) is 5.38. The van der Waals surface area contributed by atoms with Crippen LogP contribution >= 0.6 is 0 Å². The van der Waals surface area contributed by atoms with E-state index >= 15 is 0 Å². The largest absolute Gasteiger partial charge is 0.337 e. The Balaban J connectivity index is 1.98. The maximum Gasteiger partial charge on any atom is 0.235 e. The second-order valence-corrected chi connectivity index (χ2v) is 6.78. The van der Waals surface area contributed by atoms with Crippen molar-refractivity contribution >= 4 is 5.91 Å². The number of rotatable bonds is 7. The molecule has 0 heterocycles. The number of nitrogens with zero attached hydrogens (tertiary/aromatic N) is 2. The third-order valence-electron chi connectivity index (χ3n) is 4.49. The van der Waals surface area contributed by atoms with Crippen LogP contribution in [0.15, 0.2) is 24.3 Å². The number of carbonyl (C=O) groups is 1. The van der Waals surface area contributed by atoms with Crippen LogP contribution in [0, 0.1) is 23.1 Å². The number of hydrogen-bond donors (Lipinski definition) is 1. The molecule has 0 spiro atoms. The normalized spacial score (nSPS) is 16.9. The van der Waals surface area contributed by atoms with Crippen molar-refractivity contribution in [3.63, 3.8) is 0 Å². The molecule has 1 aliphatic rings. The summed E-state index contributed by atoms with van der Waals surface area (Å²) in [4.78, 5) is 14.4. The quantitative estimate of drug-likeness (QED) is 0.841. The molecule has 0 aromatic heterocycles. The summed E-state index contributed by atoms with van der Waals surface area (Å²) in [6.07, 6.45) is 2.16. The first-order valence-electron chi connectivity index (χ1n) is 8.05. The maximum absolute atomic E-state index is 13.0. The molecule has 1 amide bonds. The molecule has 5 heteroatoms. The molecule has 1 atom stereocenters. The number of nitrogens with one attached hydrogen (secondary N) is 1. The van der Waals surface area contributed by atoms with Crippen molar-refractivity contribution in [2.75, 3.05) is 6.54 Å². The second kappa shape index (κ2) is 7.10. The molecule has 1 aromatic carbocycles. The van der Waals surface area contributed by atoms with E-state index in [2.05, 4.69) is 16.3 Å². The zero-order valence-electron chi connectivity index (χ0n) is 14.0. The van der Waals surface area contributed by atoms with E-state index in [9.17, 15) is 14.4 Å². The summed E-state index contributed by atoms with van der Waals surface area (Å²) in [7, 11) is 0. The van der Waals surface area contributed by atoms with Gasteiger partial charge in [-0.3, -0.25) is 9.69 Å². The zero-order valence-corrected chi connectivity index (χ0v) is 14.0. The topological polar surface area (TPSA) is 56.1 Å². The molecular formula is C18H24FN3O. The summed E-state index contributed by atoms with van der Waals surface area (Å²) < 4.78 is 13.0. The Morgan fingerprint density at radius 2 is 2.04 bits per heavy atom. The van der Waals surface area contributed by atoms with Crippen LogP contribution < -0.4 is 5.32 Å². The van der Waals surface area contributed by atoms with Gasteiger partial charge in [0.25, 0.3) is 0 Å². The fourth-order valence-corrected chi connectivity index (χ4v) is 2.39. The van der Waals surface area contributed by atoms with E-state index in [-0.39, 0.29) is 24.2 Å². The van der Waals surface area contributed by atoms with Gasteiger partial charge in [0.15, 0.2) is 0 Å². The van der Waals surface area contributed by atoms with Gasteiger partial charge in [0.05, 0.1) is 12.6 Å². The summed E-state index contributed by atoms with van der Waals surface area (Å²) in [6.45, 7) is 6.45. The summed E-state index contributed by atoms with van der Waals surface area (Å²) in [6, 6.07) is 8.96. The van der Waals surface area contributed by atoms with Crippen molar-refractivity contribution in [3.05, 3.63) is 35.6 Å². The molecule has 0 bridgehead atoms. The first-order chi connectivity index (χ1) is 10.8.